The van der Waals surface area contributed by atoms with Gasteiger partial charge in [-0.2, -0.15) is 0 Å². The van der Waals surface area contributed by atoms with Gasteiger partial charge in [0.25, 0.3) is 0 Å². The third kappa shape index (κ3) is 3.97. The van der Waals surface area contributed by atoms with Crippen LogP contribution in [0.1, 0.15) is 49.2 Å². The molecule has 0 aliphatic carbocycles. The summed E-state index contributed by atoms with van der Waals surface area (Å²) in [5.74, 6) is 1.81. The molecule has 1 saturated heterocycles. The van der Waals surface area contributed by atoms with Crippen molar-refractivity contribution in [2.24, 2.45) is 0 Å². The summed E-state index contributed by atoms with van der Waals surface area (Å²) in [6.07, 6.45) is 0.414. The average Bonchev–Trinajstić information content (AvgIpc) is 3.25. The third-order valence-electron chi connectivity index (χ3n) is 5.02. The molecule has 1 fully saturated rings. The Kier molecular flexibility index (Phi) is 5.04. The Balaban J connectivity index is 1.74. The number of ketones is 1. The molecule has 8 heteroatoms. The zero-order valence-electron chi connectivity index (χ0n) is 16.7. The predicted octanol–water partition coefficient (Wildman–Crippen LogP) is 3.30. The molecular formula is C21H24ClN5O2. The fraction of sp³-hybridized carbons (Fsp3) is 0.429. The second-order valence-corrected chi connectivity index (χ2v) is 8.88. The number of fused-ring (bicyclic) bond motifs is 1. The van der Waals surface area contributed by atoms with E-state index in [1.54, 1.807) is 24.3 Å². The zero-order chi connectivity index (χ0) is 20.8. The first kappa shape index (κ1) is 19.8. The van der Waals surface area contributed by atoms with Crippen LogP contribution in [0.15, 0.2) is 24.3 Å². The molecule has 29 heavy (non-hydrogen) atoms. The fourth-order valence-electron chi connectivity index (χ4n) is 3.45. The maximum Gasteiger partial charge on any atom is 0.183 e. The van der Waals surface area contributed by atoms with Crippen LogP contribution in [0.5, 0.6) is 0 Å². The van der Waals surface area contributed by atoms with Crippen molar-refractivity contribution < 1.29 is 9.90 Å². The van der Waals surface area contributed by atoms with Crippen LogP contribution in [0, 0.1) is 0 Å². The molecule has 0 amide bonds. The number of β-amino-alcohol motifs (C(OH)–C–C–N with tert-alkyl or cyclic N) is 1. The summed E-state index contributed by atoms with van der Waals surface area (Å²) in [6.45, 7) is 7.37. The molecule has 1 aromatic carbocycles. The Hall–Kier alpha value is -2.51. The highest BCUT2D eigenvalue weighted by molar-refractivity contribution is 6.34. The Morgan fingerprint density at radius 3 is 2.69 bits per heavy atom. The highest BCUT2D eigenvalue weighted by Crippen LogP contribution is 2.29. The number of H-pyrrole nitrogens is 1. The maximum atomic E-state index is 12.7. The molecule has 1 atom stereocenters. The number of aromatic amines is 1. The van der Waals surface area contributed by atoms with E-state index < -0.39 is 0 Å². The number of imidazole rings is 1. The minimum Gasteiger partial charge on any atom is -0.391 e. The van der Waals surface area contributed by atoms with Crippen LogP contribution in [0.2, 0.25) is 5.02 Å². The lowest BCUT2D eigenvalue weighted by Crippen LogP contribution is -2.25. The van der Waals surface area contributed by atoms with Crippen molar-refractivity contribution in [3.8, 4) is 0 Å². The first-order valence-corrected chi connectivity index (χ1v) is 10.1. The maximum absolute atomic E-state index is 12.7. The van der Waals surface area contributed by atoms with E-state index in [1.807, 2.05) is 25.7 Å². The van der Waals surface area contributed by atoms with Crippen LogP contribution in [0.3, 0.4) is 0 Å². The van der Waals surface area contributed by atoms with E-state index in [9.17, 15) is 9.90 Å². The summed E-state index contributed by atoms with van der Waals surface area (Å²) in [6, 6.07) is 6.99. The molecule has 1 aliphatic heterocycles. The second kappa shape index (κ2) is 7.39. The molecule has 2 aromatic heterocycles. The van der Waals surface area contributed by atoms with Gasteiger partial charge in [0.05, 0.1) is 17.5 Å². The van der Waals surface area contributed by atoms with Crippen molar-refractivity contribution in [3.05, 3.63) is 46.5 Å². The van der Waals surface area contributed by atoms with Gasteiger partial charge in [-0.15, -0.1) is 0 Å². The van der Waals surface area contributed by atoms with Crippen molar-refractivity contribution in [1.82, 2.24) is 19.9 Å². The number of aromatic nitrogens is 4. The van der Waals surface area contributed by atoms with Gasteiger partial charge < -0.3 is 15.0 Å². The van der Waals surface area contributed by atoms with Crippen molar-refractivity contribution in [2.75, 3.05) is 18.0 Å². The molecular weight excluding hydrogens is 390 g/mol. The molecule has 0 spiro atoms. The van der Waals surface area contributed by atoms with Crippen LogP contribution in [-0.4, -0.2) is 50.0 Å². The van der Waals surface area contributed by atoms with Crippen molar-refractivity contribution in [1.29, 1.82) is 0 Å². The van der Waals surface area contributed by atoms with Crippen LogP contribution in [-0.2, 0) is 11.8 Å². The van der Waals surface area contributed by atoms with E-state index >= 15 is 0 Å². The van der Waals surface area contributed by atoms with Gasteiger partial charge >= 0.3 is 0 Å². The molecule has 152 valence electrons. The number of benzene rings is 1. The Labute approximate surface area is 174 Å². The number of carbonyl (C=O) groups excluding carboxylic acids is 1. The van der Waals surface area contributed by atoms with Gasteiger partial charge in [0.15, 0.2) is 17.2 Å². The van der Waals surface area contributed by atoms with Gasteiger partial charge in [-0.05, 0) is 18.6 Å². The first-order valence-electron chi connectivity index (χ1n) is 9.70. The number of Topliss-reactive ketones (excluding diaryl/α,β-unsaturated/α-hetero) is 1. The lowest BCUT2D eigenvalue weighted by molar-refractivity contribution is 0.0991. The van der Waals surface area contributed by atoms with Gasteiger partial charge in [0.2, 0.25) is 0 Å². The minimum atomic E-state index is -0.373. The quantitative estimate of drug-likeness (QED) is 0.637. The summed E-state index contributed by atoms with van der Waals surface area (Å²) < 4.78 is 0. The van der Waals surface area contributed by atoms with Crippen LogP contribution in [0.4, 0.5) is 5.82 Å². The number of aliphatic hydroxyl groups excluding tert-OH is 1. The van der Waals surface area contributed by atoms with E-state index in [0.29, 0.717) is 52.9 Å². The van der Waals surface area contributed by atoms with Crippen LogP contribution in [0.25, 0.3) is 11.2 Å². The molecule has 3 heterocycles. The molecule has 7 nitrogen and oxygen atoms in total. The summed E-state index contributed by atoms with van der Waals surface area (Å²) in [4.78, 5) is 32.0. The second-order valence-electron chi connectivity index (χ2n) is 8.47. The number of nitrogens with one attached hydrogen (secondary N) is 1. The fourth-order valence-corrected chi connectivity index (χ4v) is 3.69. The first-order chi connectivity index (χ1) is 13.7. The van der Waals surface area contributed by atoms with Crippen molar-refractivity contribution in [2.45, 2.75) is 45.1 Å². The molecule has 2 N–H and O–H groups in total. The van der Waals surface area contributed by atoms with E-state index in [-0.39, 0.29) is 23.7 Å². The summed E-state index contributed by atoms with van der Waals surface area (Å²) >= 11 is 6.16. The van der Waals surface area contributed by atoms with Gasteiger partial charge in [-0.1, -0.05) is 44.5 Å². The highest BCUT2D eigenvalue weighted by Gasteiger charge is 2.28. The minimum absolute atomic E-state index is 0.0903. The zero-order valence-corrected chi connectivity index (χ0v) is 17.5. The topological polar surface area (TPSA) is 95.0 Å². The highest BCUT2D eigenvalue weighted by atomic mass is 35.5. The van der Waals surface area contributed by atoms with Crippen LogP contribution < -0.4 is 4.90 Å². The Bertz CT molecular complexity index is 1070. The molecule has 0 bridgehead atoms. The number of anilines is 1. The van der Waals surface area contributed by atoms with Gasteiger partial charge in [0, 0.05) is 24.1 Å². The normalized spacial score (nSPS) is 17.3. The van der Waals surface area contributed by atoms with E-state index in [2.05, 4.69) is 15.0 Å². The van der Waals surface area contributed by atoms with E-state index in [4.69, 9.17) is 16.6 Å². The number of aliphatic hydroxyl groups is 1. The number of halogens is 1. The summed E-state index contributed by atoms with van der Waals surface area (Å²) in [5, 5.41) is 10.4. The van der Waals surface area contributed by atoms with E-state index in [0.717, 1.165) is 5.82 Å². The standard InChI is InChI=1S/C21H24ClN5O2/c1-21(2,3)20-25-18-17(19(26-20)27-9-8-12(28)11-27)23-16(24-18)10-15(29)13-6-4-5-7-14(13)22/h4-7,12,28H,8-11H2,1-3H3,(H,23,24,25,26). The number of carbonyl (C=O) groups is 1. The predicted molar refractivity (Wildman–Crippen MR) is 113 cm³/mol. The Morgan fingerprint density at radius 2 is 2.03 bits per heavy atom. The monoisotopic (exact) mass is 413 g/mol. The van der Waals surface area contributed by atoms with Gasteiger partial charge in [0.1, 0.15) is 17.2 Å². The van der Waals surface area contributed by atoms with Crippen LogP contribution >= 0.6 is 11.6 Å². The lowest BCUT2D eigenvalue weighted by Gasteiger charge is -2.21. The van der Waals surface area contributed by atoms with E-state index in [1.165, 1.54) is 0 Å². The molecule has 0 radical (unpaired) electrons. The Morgan fingerprint density at radius 1 is 1.28 bits per heavy atom. The van der Waals surface area contributed by atoms with Gasteiger partial charge in [-0.25, -0.2) is 15.0 Å². The lowest BCUT2D eigenvalue weighted by atomic mass is 9.96. The molecule has 0 saturated carbocycles. The smallest absolute Gasteiger partial charge is 0.183 e. The summed E-state index contributed by atoms with van der Waals surface area (Å²) in [5.41, 5.74) is 1.43. The van der Waals surface area contributed by atoms with Crippen molar-refractivity contribution in [3.63, 3.8) is 0 Å². The summed E-state index contributed by atoms with van der Waals surface area (Å²) in [7, 11) is 0. The van der Waals surface area contributed by atoms with Crippen molar-refractivity contribution >= 4 is 34.4 Å². The molecule has 4 rings (SSSR count). The SMILES string of the molecule is CC(C)(C)c1nc(N2CCC(O)C2)c2[nH]c(CC(=O)c3ccccc3Cl)nc2n1. The molecule has 3 aromatic rings. The third-order valence-corrected chi connectivity index (χ3v) is 5.35. The number of hydrogen-bond acceptors (Lipinski definition) is 6. The number of nitrogens with zero attached hydrogens (tertiary/aromatic N) is 4. The number of rotatable bonds is 4. The molecule has 1 unspecified atom stereocenters. The van der Waals surface area contributed by atoms with Gasteiger partial charge in [-0.3, -0.25) is 4.79 Å². The molecule has 1 aliphatic rings. The average molecular weight is 414 g/mol. The number of hydrogen-bond donors (Lipinski definition) is 2. The largest absolute Gasteiger partial charge is 0.391 e.